The summed E-state index contributed by atoms with van der Waals surface area (Å²) in [6, 6.07) is 7.95. The highest BCUT2D eigenvalue weighted by Gasteiger charge is 2.55. The molecule has 2 amide bonds. The average Bonchev–Trinajstić information content (AvgIpc) is 3.12. The summed E-state index contributed by atoms with van der Waals surface area (Å²) in [5.74, 6) is -1.70. The molecular weight excluding hydrogens is 358 g/mol. The van der Waals surface area contributed by atoms with E-state index < -0.39 is 17.4 Å². The largest absolute Gasteiger partial charge is 0.481 e. The molecule has 2 aliphatic rings. The molecule has 0 aliphatic carbocycles. The third kappa shape index (κ3) is 2.77. The fourth-order valence-electron chi connectivity index (χ4n) is 4.95. The number of piperidine rings is 1. The molecule has 7 heteroatoms. The number of rotatable bonds is 3. The second-order valence-corrected chi connectivity index (χ2v) is 7.98. The number of carbonyl (C=O) groups excluding carboxylic acids is 2. The summed E-state index contributed by atoms with van der Waals surface area (Å²) in [5, 5.41) is 10.6. The molecule has 1 aromatic heterocycles. The SMILES string of the molecule is Cc1[nH]c2ccccc2c1CC(=O)N1CCC2(CC1)[C@@H](C(=O)O)CC(=O)N2C. The molecule has 2 aromatic rings. The van der Waals surface area contributed by atoms with Gasteiger partial charge in [-0.05, 0) is 31.4 Å². The summed E-state index contributed by atoms with van der Waals surface area (Å²) < 4.78 is 0. The van der Waals surface area contributed by atoms with Crippen molar-refractivity contribution in [2.45, 2.75) is 38.1 Å². The number of nitrogens with one attached hydrogen (secondary N) is 1. The van der Waals surface area contributed by atoms with E-state index in [9.17, 15) is 19.5 Å². The van der Waals surface area contributed by atoms with Crippen LogP contribution in [0.5, 0.6) is 0 Å². The number of likely N-dealkylation sites (tertiary alicyclic amines) is 2. The normalized spacial score (nSPS) is 21.6. The molecule has 28 heavy (non-hydrogen) atoms. The van der Waals surface area contributed by atoms with Crippen molar-refractivity contribution in [1.82, 2.24) is 14.8 Å². The lowest BCUT2D eigenvalue weighted by molar-refractivity contribution is -0.146. The number of para-hydroxylation sites is 1. The van der Waals surface area contributed by atoms with Gasteiger partial charge in [-0.3, -0.25) is 14.4 Å². The lowest BCUT2D eigenvalue weighted by atomic mass is 9.77. The molecule has 0 radical (unpaired) electrons. The third-order valence-corrected chi connectivity index (χ3v) is 6.70. The molecule has 4 rings (SSSR count). The van der Waals surface area contributed by atoms with E-state index in [4.69, 9.17) is 0 Å². The molecule has 7 nitrogen and oxygen atoms in total. The van der Waals surface area contributed by atoms with E-state index in [1.165, 1.54) is 0 Å². The van der Waals surface area contributed by atoms with Gasteiger partial charge in [0.25, 0.3) is 0 Å². The van der Waals surface area contributed by atoms with Gasteiger partial charge in [0.05, 0.1) is 17.9 Å². The number of aryl methyl sites for hydroxylation is 1. The predicted molar refractivity (Wildman–Crippen MR) is 104 cm³/mol. The highest BCUT2D eigenvalue weighted by Crippen LogP contribution is 2.43. The second kappa shape index (κ2) is 6.65. The van der Waals surface area contributed by atoms with Gasteiger partial charge >= 0.3 is 5.97 Å². The number of hydrogen-bond acceptors (Lipinski definition) is 3. The van der Waals surface area contributed by atoms with Gasteiger partial charge < -0.3 is 19.9 Å². The van der Waals surface area contributed by atoms with Crippen molar-refractivity contribution < 1.29 is 19.5 Å². The average molecular weight is 383 g/mol. The minimum absolute atomic E-state index is 0.0431. The minimum Gasteiger partial charge on any atom is -0.481 e. The second-order valence-electron chi connectivity index (χ2n) is 7.98. The predicted octanol–water partition coefficient (Wildman–Crippen LogP) is 1.94. The van der Waals surface area contributed by atoms with Crippen LogP contribution >= 0.6 is 0 Å². The van der Waals surface area contributed by atoms with Crippen molar-refractivity contribution >= 4 is 28.7 Å². The number of carboxylic acid groups (broad SMARTS) is 1. The van der Waals surface area contributed by atoms with Crippen LogP contribution in [-0.2, 0) is 20.8 Å². The number of carboxylic acids is 1. The van der Waals surface area contributed by atoms with Gasteiger partial charge in [-0.1, -0.05) is 18.2 Å². The first-order valence-corrected chi connectivity index (χ1v) is 9.67. The Bertz CT molecular complexity index is 956. The molecule has 3 heterocycles. The number of aromatic nitrogens is 1. The molecular formula is C21H25N3O4. The Morgan fingerprint density at radius 1 is 1.25 bits per heavy atom. The maximum Gasteiger partial charge on any atom is 0.309 e. The number of carbonyl (C=O) groups is 3. The Kier molecular flexibility index (Phi) is 4.40. The van der Waals surface area contributed by atoms with E-state index in [0.29, 0.717) is 32.4 Å². The molecule has 1 aromatic carbocycles. The summed E-state index contributed by atoms with van der Waals surface area (Å²) in [6.45, 7) is 2.92. The topological polar surface area (TPSA) is 93.7 Å². The lowest BCUT2D eigenvalue weighted by Crippen LogP contribution is -2.57. The Morgan fingerprint density at radius 2 is 1.93 bits per heavy atom. The number of H-pyrrole nitrogens is 1. The highest BCUT2D eigenvalue weighted by molar-refractivity contribution is 5.91. The van der Waals surface area contributed by atoms with Gasteiger partial charge in [-0.25, -0.2) is 0 Å². The Balaban J connectivity index is 1.49. The van der Waals surface area contributed by atoms with Gasteiger partial charge in [-0.15, -0.1) is 0 Å². The first-order chi connectivity index (χ1) is 13.3. The molecule has 2 fully saturated rings. The number of nitrogens with zero attached hydrogens (tertiary/aromatic N) is 2. The van der Waals surface area contributed by atoms with Gasteiger partial charge in [0.1, 0.15) is 0 Å². The van der Waals surface area contributed by atoms with Crippen LogP contribution in [0, 0.1) is 12.8 Å². The molecule has 0 saturated carbocycles. The summed E-state index contributed by atoms with van der Waals surface area (Å²) in [5.41, 5.74) is 2.36. The Morgan fingerprint density at radius 3 is 2.61 bits per heavy atom. The van der Waals surface area contributed by atoms with Crippen LogP contribution in [0.3, 0.4) is 0 Å². The molecule has 2 N–H and O–H groups in total. The third-order valence-electron chi connectivity index (χ3n) is 6.70. The first-order valence-electron chi connectivity index (χ1n) is 9.67. The van der Waals surface area contributed by atoms with Crippen molar-refractivity contribution in [1.29, 1.82) is 0 Å². The fraction of sp³-hybridized carbons (Fsp3) is 0.476. The zero-order valence-electron chi connectivity index (χ0n) is 16.2. The quantitative estimate of drug-likeness (QED) is 0.847. The number of aromatic amines is 1. The van der Waals surface area contributed by atoms with Crippen LogP contribution in [0.25, 0.3) is 10.9 Å². The molecule has 2 aliphatic heterocycles. The van der Waals surface area contributed by atoms with E-state index >= 15 is 0 Å². The molecule has 0 unspecified atom stereocenters. The molecule has 0 bridgehead atoms. The van der Waals surface area contributed by atoms with Crippen molar-refractivity contribution in [2.24, 2.45) is 5.92 Å². The van der Waals surface area contributed by atoms with Crippen LogP contribution < -0.4 is 0 Å². The molecule has 2 saturated heterocycles. The Labute approximate surface area is 163 Å². The first kappa shape index (κ1) is 18.5. The smallest absolute Gasteiger partial charge is 0.309 e. The van der Waals surface area contributed by atoms with Crippen LogP contribution in [0.15, 0.2) is 24.3 Å². The van der Waals surface area contributed by atoms with Crippen molar-refractivity contribution in [3.05, 3.63) is 35.5 Å². The van der Waals surface area contributed by atoms with E-state index in [1.54, 1.807) is 11.9 Å². The monoisotopic (exact) mass is 383 g/mol. The molecule has 1 atom stereocenters. The van der Waals surface area contributed by atoms with Gasteiger partial charge in [0.15, 0.2) is 0 Å². The summed E-state index contributed by atoms with van der Waals surface area (Å²) in [7, 11) is 1.69. The highest BCUT2D eigenvalue weighted by atomic mass is 16.4. The molecule has 1 spiro atoms. The number of amides is 2. The van der Waals surface area contributed by atoms with Gasteiger partial charge in [-0.2, -0.15) is 0 Å². The van der Waals surface area contributed by atoms with Crippen LogP contribution in [0.4, 0.5) is 0 Å². The number of aliphatic carboxylic acids is 1. The Hall–Kier alpha value is -2.83. The fourth-order valence-corrected chi connectivity index (χ4v) is 4.95. The lowest BCUT2D eigenvalue weighted by Gasteiger charge is -2.45. The zero-order chi connectivity index (χ0) is 20.1. The van der Waals surface area contributed by atoms with Crippen LogP contribution in [0.2, 0.25) is 0 Å². The summed E-state index contributed by atoms with van der Waals surface area (Å²) >= 11 is 0. The summed E-state index contributed by atoms with van der Waals surface area (Å²) in [6.07, 6.45) is 1.38. The van der Waals surface area contributed by atoms with Crippen molar-refractivity contribution in [3.8, 4) is 0 Å². The van der Waals surface area contributed by atoms with E-state index in [2.05, 4.69) is 4.98 Å². The van der Waals surface area contributed by atoms with Gasteiger partial charge in [0.2, 0.25) is 11.8 Å². The standard InChI is InChI=1S/C21H25N3O4/c1-13-15(14-5-3-4-6-17(14)22-13)11-19(26)24-9-7-21(8-10-24)16(20(27)28)12-18(25)23(21)2/h3-6,16,22H,7-12H2,1-2H3,(H,27,28)/t16-/m1/s1. The maximum atomic E-state index is 12.9. The van der Waals surface area contributed by atoms with Gasteiger partial charge in [0, 0.05) is 43.2 Å². The van der Waals surface area contributed by atoms with E-state index in [-0.39, 0.29) is 18.2 Å². The van der Waals surface area contributed by atoms with Crippen LogP contribution in [-0.4, -0.2) is 63.4 Å². The van der Waals surface area contributed by atoms with Crippen LogP contribution in [0.1, 0.15) is 30.5 Å². The van der Waals surface area contributed by atoms with E-state index in [0.717, 1.165) is 22.2 Å². The minimum atomic E-state index is -0.924. The summed E-state index contributed by atoms with van der Waals surface area (Å²) in [4.78, 5) is 43.5. The number of benzene rings is 1. The van der Waals surface area contributed by atoms with Crippen molar-refractivity contribution in [2.75, 3.05) is 20.1 Å². The number of hydrogen-bond donors (Lipinski definition) is 2. The number of fused-ring (bicyclic) bond motifs is 1. The van der Waals surface area contributed by atoms with Crippen molar-refractivity contribution in [3.63, 3.8) is 0 Å². The van der Waals surface area contributed by atoms with E-state index in [1.807, 2.05) is 36.1 Å². The zero-order valence-corrected chi connectivity index (χ0v) is 16.2. The maximum absolute atomic E-state index is 12.9. The molecule has 148 valence electrons.